The summed E-state index contributed by atoms with van der Waals surface area (Å²) in [4.78, 5) is 18.0. The fourth-order valence-electron chi connectivity index (χ4n) is 2.00. The second kappa shape index (κ2) is 6.51. The first-order valence-electron chi connectivity index (χ1n) is 6.48. The van der Waals surface area contributed by atoms with E-state index in [-0.39, 0.29) is 12.1 Å². The highest BCUT2D eigenvalue weighted by Crippen LogP contribution is 2.15. The third-order valence-corrected chi connectivity index (χ3v) is 3.79. The molecule has 0 spiro atoms. The molecule has 2 aromatic rings. The van der Waals surface area contributed by atoms with E-state index < -0.39 is 0 Å². The van der Waals surface area contributed by atoms with Crippen molar-refractivity contribution in [2.75, 3.05) is 7.05 Å². The van der Waals surface area contributed by atoms with Crippen LogP contribution in [0.15, 0.2) is 23.2 Å². The van der Waals surface area contributed by atoms with E-state index in [9.17, 15) is 4.79 Å². The normalized spacial score (nSPS) is 12.2. The van der Waals surface area contributed by atoms with Crippen molar-refractivity contribution < 1.29 is 4.79 Å². The van der Waals surface area contributed by atoms with Gasteiger partial charge in [-0.15, -0.1) is 11.3 Å². The van der Waals surface area contributed by atoms with Gasteiger partial charge in [-0.25, -0.2) is 9.78 Å². The summed E-state index contributed by atoms with van der Waals surface area (Å²) >= 11 is 1.53. The lowest BCUT2D eigenvalue weighted by molar-refractivity contribution is 0.201. The number of carbonyl (C=O) groups excluding carboxylic acids is 1. The van der Waals surface area contributed by atoms with Crippen molar-refractivity contribution in [2.24, 2.45) is 7.05 Å². The van der Waals surface area contributed by atoms with Crippen molar-refractivity contribution in [3.05, 3.63) is 34.5 Å². The summed E-state index contributed by atoms with van der Waals surface area (Å²) < 4.78 is 1.79. The van der Waals surface area contributed by atoms with Gasteiger partial charge < -0.3 is 10.2 Å². The van der Waals surface area contributed by atoms with Gasteiger partial charge in [-0.2, -0.15) is 5.10 Å². The van der Waals surface area contributed by atoms with Crippen LogP contribution in [0, 0.1) is 0 Å². The molecule has 7 heteroatoms. The van der Waals surface area contributed by atoms with Crippen LogP contribution in [0.25, 0.3) is 0 Å². The topological polar surface area (TPSA) is 63.1 Å². The third kappa shape index (κ3) is 3.36. The molecule has 0 aromatic carbocycles. The van der Waals surface area contributed by atoms with Gasteiger partial charge >= 0.3 is 6.03 Å². The molecule has 20 heavy (non-hydrogen) atoms. The van der Waals surface area contributed by atoms with E-state index in [1.54, 1.807) is 28.3 Å². The standard InChI is InChI=1S/C13H19N5OS/c1-4-11(12-5-6-15-18(12)3)16-13(19)17(2)7-10-8-20-9-14-10/h5-6,8-9,11H,4,7H2,1-3H3,(H,16,19). The van der Waals surface area contributed by atoms with E-state index in [4.69, 9.17) is 0 Å². The fraction of sp³-hybridized carbons (Fsp3) is 0.462. The van der Waals surface area contributed by atoms with E-state index in [0.29, 0.717) is 6.54 Å². The Morgan fingerprint density at radius 2 is 2.40 bits per heavy atom. The molecule has 0 aliphatic heterocycles. The van der Waals surface area contributed by atoms with Crippen LogP contribution in [0.4, 0.5) is 4.79 Å². The van der Waals surface area contributed by atoms with Crippen molar-refractivity contribution in [3.63, 3.8) is 0 Å². The molecule has 1 atom stereocenters. The zero-order chi connectivity index (χ0) is 14.5. The van der Waals surface area contributed by atoms with Crippen LogP contribution in [0.2, 0.25) is 0 Å². The average Bonchev–Trinajstić information content (AvgIpc) is 3.07. The maximum Gasteiger partial charge on any atom is 0.318 e. The predicted molar refractivity (Wildman–Crippen MR) is 78.4 cm³/mol. The highest BCUT2D eigenvalue weighted by atomic mass is 32.1. The van der Waals surface area contributed by atoms with Gasteiger partial charge in [0.1, 0.15) is 0 Å². The Morgan fingerprint density at radius 3 is 2.95 bits per heavy atom. The predicted octanol–water partition coefficient (Wildman–Crippen LogP) is 2.17. The first kappa shape index (κ1) is 14.5. The lowest BCUT2D eigenvalue weighted by Gasteiger charge is -2.22. The molecular weight excluding hydrogens is 274 g/mol. The highest BCUT2D eigenvalue weighted by molar-refractivity contribution is 7.07. The molecule has 2 amide bonds. The van der Waals surface area contributed by atoms with Gasteiger partial charge in [-0.1, -0.05) is 6.92 Å². The van der Waals surface area contributed by atoms with E-state index in [2.05, 4.69) is 15.4 Å². The summed E-state index contributed by atoms with van der Waals surface area (Å²) in [5.41, 5.74) is 3.68. The van der Waals surface area contributed by atoms with Crippen molar-refractivity contribution >= 4 is 17.4 Å². The highest BCUT2D eigenvalue weighted by Gasteiger charge is 2.18. The van der Waals surface area contributed by atoms with Gasteiger partial charge in [-0.05, 0) is 12.5 Å². The number of nitrogens with one attached hydrogen (secondary N) is 1. The number of carbonyl (C=O) groups is 1. The zero-order valence-electron chi connectivity index (χ0n) is 11.9. The smallest absolute Gasteiger partial charge is 0.318 e. The SMILES string of the molecule is CCC(NC(=O)N(C)Cc1cscn1)c1ccnn1C. The maximum atomic E-state index is 12.2. The molecule has 0 aliphatic carbocycles. The molecule has 0 radical (unpaired) electrons. The van der Waals surface area contributed by atoms with E-state index in [1.165, 1.54) is 11.3 Å². The quantitative estimate of drug-likeness (QED) is 0.919. The number of hydrogen-bond acceptors (Lipinski definition) is 4. The Labute approximate surface area is 122 Å². The Kier molecular flexibility index (Phi) is 4.73. The monoisotopic (exact) mass is 293 g/mol. The maximum absolute atomic E-state index is 12.2. The number of amides is 2. The van der Waals surface area contributed by atoms with Crippen LogP contribution in [0.1, 0.15) is 30.8 Å². The van der Waals surface area contributed by atoms with E-state index in [1.807, 2.05) is 25.4 Å². The van der Waals surface area contributed by atoms with Gasteiger partial charge in [0.2, 0.25) is 0 Å². The Hall–Kier alpha value is -1.89. The summed E-state index contributed by atoms with van der Waals surface area (Å²) in [6, 6.07) is 1.79. The molecule has 2 rings (SSSR count). The Morgan fingerprint density at radius 1 is 1.60 bits per heavy atom. The minimum absolute atomic E-state index is 0.0344. The third-order valence-electron chi connectivity index (χ3n) is 3.15. The largest absolute Gasteiger partial charge is 0.330 e. The number of hydrogen-bond donors (Lipinski definition) is 1. The molecule has 6 nitrogen and oxygen atoms in total. The Balaban J connectivity index is 1.97. The first-order chi connectivity index (χ1) is 9.61. The van der Waals surface area contributed by atoms with Crippen molar-refractivity contribution in [2.45, 2.75) is 25.9 Å². The minimum Gasteiger partial charge on any atom is -0.330 e. The summed E-state index contributed by atoms with van der Waals surface area (Å²) in [5.74, 6) is 0. The van der Waals surface area contributed by atoms with Gasteiger partial charge in [-0.3, -0.25) is 4.68 Å². The summed E-state index contributed by atoms with van der Waals surface area (Å²) in [5, 5.41) is 9.11. The number of aromatic nitrogens is 3. The molecule has 0 saturated carbocycles. The molecular formula is C13H19N5OS. The second-order valence-electron chi connectivity index (χ2n) is 4.63. The molecule has 108 valence electrons. The summed E-state index contributed by atoms with van der Waals surface area (Å²) in [6.07, 6.45) is 2.55. The fourth-order valence-corrected chi connectivity index (χ4v) is 2.55. The van der Waals surface area contributed by atoms with Gasteiger partial charge in [0.25, 0.3) is 0 Å². The molecule has 2 heterocycles. The molecule has 0 saturated heterocycles. The van der Waals surface area contributed by atoms with Crippen molar-refractivity contribution in [1.82, 2.24) is 25.0 Å². The van der Waals surface area contributed by atoms with E-state index in [0.717, 1.165) is 17.8 Å². The van der Waals surface area contributed by atoms with Crippen LogP contribution < -0.4 is 5.32 Å². The van der Waals surface area contributed by atoms with Crippen LogP contribution in [-0.2, 0) is 13.6 Å². The molecule has 1 N–H and O–H groups in total. The number of aryl methyl sites for hydroxylation is 1. The van der Waals surface area contributed by atoms with Crippen LogP contribution >= 0.6 is 11.3 Å². The molecule has 0 bridgehead atoms. The van der Waals surface area contributed by atoms with E-state index >= 15 is 0 Å². The number of thiazole rings is 1. The van der Waals surface area contributed by atoms with Gasteiger partial charge in [0.05, 0.1) is 29.5 Å². The zero-order valence-corrected chi connectivity index (χ0v) is 12.7. The van der Waals surface area contributed by atoms with Gasteiger partial charge in [0, 0.05) is 25.7 Å². The van der Waals surface area contributed by atoms with Crippen LogP contribution in [-0.4, -0.2) is 32.7 Å². The molecule has 0 fully saturated rings. The number of rotatable bonds is 5. The van der Waals surface area contributed by atoms with Crippen molar-refractivity contribution in [3.8, 4) is 0 Å². The first-order valence-corrected chi connectivity index (χ1v) is 7.42. The summed E-state index contributed by atoms with van der Waals surface area (Å²) in [6.45, 7) is 2.55. The van der Waals surface area contributed by atoms with Crippen molar-refractivity contribution in [1.29, 1.82) is 0 Å². The van der Waals surface area contributed by atoms with Crippen LogP contribution in [0.3, 0.4) is 0 Å². The lowest BCUT2D eigenvalue weighted by Crippen LogP contribution is -2.39. The Bertz CT molecular complexity index is 551. The lowest BCUT2D eigenvalue weighted by atomic mass is 10.1. The molecule has 1 unspecified atom stereocenters. The number of nitrogens with zero attached hydrogens (tertiary/aromatic N) is 4. The minimum atomic E-state index is -0.106. The van der Waals surface area contributed by atoms with Crippen LogP contribution in [0.5, 0.6) is 0 Å². The molecule has 0 aliphatic rings. The van der Waals surface area contributed by atoms with Gasteiger partial charge in [0.15, 0.2) is 0 Å². The summed E-state index contributed by atoms with van der Waals surface area (Å²) in [7, 11) is 3.65. The average molecular weight is 293 g/mol. The second-order valence-corrected chi connectivity index (χ2v) is 5.34. The molecule has 2 aromatic heterocycles. The number of urea groups is 1.